The molecule has 13 nitrogen and oxygen atoms in total. The number of hydrogen-bond donors (Lipinski definition) is 3. The molecule has 5 rings (SSSR count). The van der Waals surface area contributed by atoms with Crippen LogP contribution in [-0.2, 0) is 14.3 Å². The number of hydrogen-bond acceptors (Lipinski definition) is 9. The van der Waals surface area contributed by atoms with Gasteiger partial charge < -0.3 is 35.0 Å². The lowest BCUT2D eigenvalue weighted by atomic mass is 10.1. The average Bonchev–Trinajstić information content (AvgIpc) is 3.53. The first-order chi connectivity index (χ1) is 20.7. The third-order valence-electron chi connectivity index (χ3n) is 8.39. The van der Waals surface area contributed by atoms with Gasteiger partial charge in [-0.2, -0.15) is 0 Å². The number of carbonyl (C=O) groups is 4. The molecule has 3 aliphatic rings. The Morgan fingerprint density at radius 1 is 1.02 bits per heavy atom. The molecule has 4 atom stereocenters. The van der Waals surface area contributed by atoms with E-state index in [-0.39, 0.29) is 49.6 Å². The highest BCUT2D eigenvalue weighted by Gasteiger charge is 2.60. The molecular weight excluding hydrogens is 556 g/mol. The average molecular weight is 595 g/mol. The van der Waals surface area contributed by atoms with Crippen molar-refractivity contribution in [2.24, 2.45) is 17.8 Å². The molecule has 43 heavy (non-hydrogen) atoms. The van der Waals surface area contributed by atoms with E-state index in [1.165, 1.54) is 17.9 Å². The minimum Gasteiger partial charge on any atom is -0.481 e. The van der Waals surface area contributed by atoms with Crippen LogP contribution in [0.5, 0.6) is 0 Å². The minimum absolute atomic E-state index is 0.0253. The minimum atomic E-state index is -1.23. The van der Waals surface area contributed by atoms with Gasteiger partial charge in [-0.25, -0.2) is 14.8 Å². The van der Waals surface area contributed by atoms with E-state index in [0.29, 0.717) is 36.9 Å². The number of ether oxygens (including phenoxy) is 1. The van der Waals surface area contributed by atoms with Gasteiger partial charge in [0.1, 0.15) is 17.6 Å². The van der Waals surface area contributed by atoms with Crippen molar-refractivity contribution in [2.45, 2.75) is 38.8 Å². The second kappa shape index (κ2) is 12.9. The number of piperazine rings is 1. The molecule has 0 bridgehead atoms. The fourth-order valence-electron chi connectivity index (χ4n) is 5.81. The lowest BCUT2D eigenvalue weighted by Crippen LogP contribution is -2.58. The summed E-state index contributed by atoms with van der Waals surface area (Å²) in [4.78, 5) is 64.9. The Kier molecular flexibility index (Phi) is 9.09. The molecule has 0 spiro atoms. The first kappa shape index (κ1) is 30.2. The summed E-state index contributed by atoms with van der Waals surface area (Å²) in [5, 5.41) is 22.6. The third kappa shape index (κ3) is 6.71. The summed E-state index contributed by atoms with van der Waals surface area (Å²) in [6, 6.07) is 9.48. The lowest BCUT2D eigenvalue weighted by molar-refractivity contribution is -0.139. The number of piperidine rings is 1. The number of aliphatic hydroxyl groups excluding tert-OH is 1. The second-order valence-electron chi connectivity index (χ2n) is 11.4. The molecule has 13 heteroatoms. The zero-order chi connectivity index (χ0) is 30.7. The number of carboxylic acids is 1. The summed E-state index contributed by atoms with van der Waals surface area (Å²) in [7, 11) is 0. The molecule has 2 saturated heterocycles. The van der Waals surface area contributed by atoms with Crippen LogP contribution in [0.25, 0.3) is 11.4 Å². The number of fused-ring (bicyclic) bond motifs is 1. The van der Waals surface area contributed by atoms with Crippen molar-refractivity contribution in [3.05, 3.63) is 42.1 Å². The van der Waals surface area contributed by atoms with Gasteiger partial charge in [0.2, 0.25) is 5.91 Å². The number of nitrogens with one attached hydrogen (secondary N) is 1. The van der Waals surface area contributed by atoms with Crippen molar-refractivity contribution in [2.75, 3.05) is 50.8 Å². The molecule has 230 valence electrons. The van der Waals surface area contributed by atoms with E-state index in [4.69, 9.17) is 4.74 Å². The molecular formula is C30H38N6O7. The van der Waals surface area contributed by atoms with Crippen molar-refractivity contribution < 1.29 is 34.1 Å². The predicted octanol–water partition coefficient (Wildman–Crippen LogP) is 1.47. The van der Waals surface area contributed by atoms with Crippen LogP contribution in [0.2, 0.25) is 0 Å². The number of anilines is 1. The van der Waals surface area contributed by atoms with Crippen molar-refractivity contribution >= 4 is 29.7 Å². The van der Waals surface area contributed by atoms with E-state index in [2.05, 4.69) is 15.3 Å². The standard InChI is InChI=1S/C30H38N6O7/c1-3-4-14-43-30(42)35-12-10-34(11-13-35)28(39)25(18(2)37)33-27(38)22-15-23(32-26(31-22)19-8-6-5-7-9-19)36-16-20-21(17-36)24(20)29(40)41/h5-9,15,18,20-21,24-25,37H,3-4,10-14,16-17H2,1-2H3,(H,33,38)(H,40,41)/t18-,20?,21?,24?,25+/m1/s1. The maximum Gasteiger partial charge on any atom is 0.409 e. The number of aliphatic carboxylic acids is 1. The number of rotatable bonds is 10. The van der Waals surface area contributed by atoms with Gasteiger partial charge in [0.05, 0.1) is 18.6 Å². The van der Waals surface area contributed by atoms with E-state index >= 15 is 0 Å². The van der Waals surface area contributed by atoms with Crippen LogP contribution >= 0.6 is 0 Å². The van der Waals surface area contributed by atoms with E-state index in [0.717, 1.165) is 12.8 Å². The van der Waals surface area contributed by atoms with Crippen LogP contribution in [0.1, 0.15) is 37.2 Å². The number of aromatic nitrogens is 2. The number of unbranched alkanes of at least 4 members (excludes halogenated alkanes) is 1. The fourth-order valence-corrected chi connectivity index (χ4v) is 5.81. The lowest BCUT2D eigenvalue weighted by Gasteiger charge is -2.36. The second-order valence-corrected chi connectivity index (χ2v) is 11.4. The Bertz CT molecular complexity index is 1340. The Hall–Kier alpha value is -4.26. The Morgan fingerprint density at radius 2 is 1.67 bits per heavy atom. The fraction of sp³-hybridized carbons (Fsp3) is 0.533. The molecule has 3 amide bonds. The molecule has 1 saturated carbocycles. The zero-order valence-corrected chi connectivity index (χ0v) is 24.4. The Morgan fingerprint density at radius 3 is 2.28 bits per heavy atom. The van der Waals surface area contributed by atoms with E-state index in [9.17, 15) is 29.4 Å². The first-order valence-electron chi connectivity index (χ1n) is 14.8. The smallest absolute Gasteiger partial charge is 0.409 e. The quantitative estimate of drug-likeness (QED) is 0.343. The Balaban J connectivity index is 1.28. The molecule has 3 fully saturated rings. The molecule has 2 aliphatic heterocycles. The summed E-state index contributed by atoms with van der Waals surface area (Å²) in [5.41, 5.74) is 0.720. The van der Waals surface area contributed by atoms with Crippen LogP contribution < -0.4 is 10.2 Å². The highest BCUT2D eigenvalue weighted by atomic mass is 16.6. The number of carboxylic acid groups (broad SMARTS) is 1. The highest BCUT2D eigenvalue weighted by molar-refractivity contribution is 5.97. The van der Waals surface area contributed by atoms with Crippen LogP contribution in [0.3, 0.4) is 0 Å². The summed E-state index contributed by atoms with van der Waals surface area (Å²) >= 11 is 0. The predicted molar refractivity (Wildman–Crippen MR) is 155 cm³/mol. The molecule has 2 aromatic rings. The van der Waals surface area contributed by atoms with E-state index in [1.54, 1.807) is 4.90 Å². The number of nitrogens with zero attached hydrogens (tertiary/aromatic N) is 5. The van der Waals surface area contributed by atoms with Crippen molar-refractivity contribution in [1.29, 1.82) is 0 Å². The van der Waals surface area contributed by atoms with Crippen LogP contribution in [-0.4, -0.2) is 112 Å². The van der Waals surface area contributed by atoms with Gasteiger partial charge >= 0.3 is 12.1 Å². The normalized spacial score (nSPS) is 22.4. The highest BCUT2D eigenvalue weighted by Crippen LogP contribution is 2.52. The monoisotopic (exact) mass is 594 g/mol. The van der Waals surface area contributed by atoms with Gasteiger partial charge in [-0.15, -0.1) is 0 Å². The topological polar surface area (TPSA) is 165 Å². The SMILES string of the molecule is CCCCOC(=O)N1CCN(C(=O)[C@@H](NC(=O)c2cc(N3CC4C(C3)C4C(=O)O)nc(-c3ccccc3)n2)[C@@H](C)O)CC1. The van der Waals surface area contributed by atoms with Crippen molar-refractivity contribution in [1.82, 2.24) is 25.1 Å². The number of carbonyl (C=O) groups excluding carboxylic acids is 3. The van der Waals surface area contributed by atoms with Gasteiger partial charge in [0.25, 0.3) is 5.91 Å². The van der Waals surface area contributed by atoms with Gasteiger partial charge in [-0.3, -0.25) is 14.4 Å². The largest absolute Gasteiger partial charge is 0.481 e. The maximum atomic E-state index is 13.5. The number of benzene rings is 1. The molecule has 1 aliphatic carbocycles. The van der Waals surface area contributed by atoms with Crippen molar-refractivity contribution in [3.63, 3.8) is 0 Å². The Labute approximate surface area is 249 Å². The summed E-state index contributed by atoms with van der Waals surface area (Å²) in [6.07, 6.45) is 0.0916. The molecule has 2 unspecified atom stereocenters. The summed E-state index contributed by atoms with van der Waals surface area (Å²) in [6.45, 7) is 5.87. The van der Waals surface area contributed by atoms with E-state index < -0.39 is 36.0 Å². The molecule has 3 N–H and O–H groups in total. The van der Waals surface area contributed by atoms with Gasteiger partial charge in [0, 0.05) is 50.9 Å². The van der Waals surface area contributed by atoms with Gasteiger partial charge in [-0.1, -0.05) is 43.7 Å². The molecule has 1 aromatic carbocycles. The maximum absolute atomic E-state index is 13.5. The first-order valence-corrected chi connectivity index (χ1v) is 14.8. The number of amides is 3. The zero-order valence-electron chi connectivity index (χ0n) is 24.4. The summed E-state index contributed by atoms with van der Waals surface area (Å²) in [5.74, 6) is -1.34. The van der Waals surface area contributed by atoms with Crippen LogP contribution in [0.4, 0.5) is 10.6 Å². The summed E-state index contributed by atoms with van der Waals surface area (Å²) < 4.78 is 5.26. The van der Waals surface area contributed by atoms with Crippen molar-refractivity contribution in [3.8, 4) is 11.4 Å². The van der Waals surface area contributed by atoms with Gasteiger partial charge in [-0.05, 0) is 25.2 Å². The number of aliphatic hydroxyl groups is 1. The molecule has 3 heterocycles. The van der Waals surface area contributed by atoms with Gasteiger partial charge in [0.15, 0.2) is 5.82 Å². The molecule has 0 radical (unpaired) electrons. The molecule has 1 aromatic heterocycles. The third-order valence-corrected chi connectivity index (χ3v) is 8.39. The van der Waals surface area contributed by atoms with E-state index in [1.807, 2.05) is 42.2 Å². The van der Waals surface area contributed by atoms with Crippen LogP contribution in [0.15, 0.2) is 36.4 Å². The van der Waals surface area contributed by atoms with Crippen LogP contribution in [0, 0.1) is 17.8 Å².